The SMILES string of the molecule is COC(=O)Nc1cncc(-n2ccc3cc(C(=O)N4CCCCC4)cnc32)c1. The molecule has 28 heavy (non-hydrogen) atoms. The molecule has 1 aliphatic rings. The van der Waals surface area contributed by atoms with Crippen molar-refractivity contribution in [1.82, 2.24) is 19.4 Å². The van der Waals surface area contributed by atoms with Gasteiger partial charge in [0.05, 0.1) is 36.4 Å². The Bertz CT molecular complexity index is 1020. The Kier molecular flexibility index (Phi) is 4.92. The van der Waals surface area contributed by atoms with Gasteiger partial charge in [0, 0.05) is 30.9 Å². The maximum Gasteiger partial charge on any atom is 0.411 e. The van der Waals surface area contributed by atoms with Crippen LogP contribution in [0.5, 0.6) is 0 Å². The fourth-order valence-corrected chi connectivity index (χ4v) is 3.43. The molecule has 144 valence electrons. The van der Waals surface area contributed by atoms with Gasteiger partial charge >= 0.3 is 6.09 Å². The van der Waals surface area contributed by atoms with Crippen LogP contribution in [-0.2, 0) is 4.74 Å². The number of amides is 2. The fraction of sp³-hybridized carbons (Fsp3) is 0.300. The Labute approximate surface area is 162 Å². The topological polar surface area (TPSA) is 89.3 Å². The molecule has 0 atom stereocenters. The molecular weight excluding hydrogens is 358 g/mol. The summed E-state index contributed by atoms with van der Waals surface area (Å²) < 4.78 is 6.47. The Balaban J connectivity index is 1.62. The highest BCUT2D eigenvalue weighted by molar-refractivity contribution is 5.97. The van der Waals surface area contributed by atoms with Crippen LogP contribution in [0.1, 0.15) is 29.6 Å². The number of carbonyl (C=O) groups excluding carboxylic acids is 2. The molecule has 1 aliphatic heterocycles. The third-order valence-electron chi connectivity index (χ3n) is 4.85. The zero-order chi connectivity index (χ0) is 19.5. The van der Waals surface area contributed by atoms with Gasteiger partial charge < -0.3 is 9.64 Å². The van der Waals surface area contributed by atoms with Gasteiger partial charge in [-0.3, -0.25) is 19.7 Å². The summed E-state index contributed by atoms with van der Waals surface area (Å²) in [5.74, 6) is 0.0350. The first kappa shape index (κ1) is 18.0. The van der Waals surface area contributed by atoms with E-state index in [9.17, 15) is 9.59 Å². The van der Waals surface area contributed by atoms with Crippen molar-refractivity contribution in [3.05, 3.63) is 48.5 Å². The number of hydrogen-bond acceptors (Lipinski definition) is 5. The van der Waals surface area contributed by atoms with Crippen LogP contribution in [0.3, 0.4) is 0 Å². The van der Waals surface area contributed by atoms with Gasteiger partial charge in [-0.05, 0) is 37.5 Å². The number of fused-ring (bicyclic) bond motifs is 1. The average molecular weight is 379 g/mol. The lowest BCUT2D eigenvalue weighted by Gasteiger charge is -2.26. The molecule has 8 heteroatoms. The van der Waals surface area contributed by atoms with Gasteiger partial charge in [0.1, 0.15) is 5.65 Å². The van der Waals surface area contributed by atoms with Gasteiger partial charge in [0.25, 0.3) is 5.91 Å². The smallest absolute Gasteiger partial charge is 0.411 e. The van der Waals surface area contributed by atoms with Crippen molar-refractivity contribution in [2.75, 3.05) is 25.5 Å². The number of nitrogens with one attached hydrogen (secondary N) is 1. The van der Waals surface area contributed by atoms with Gasteiger partial charge in [0.15, 0.2) is 0 Å². The molecule has 0 bridgehead atoms. The zero-order valence-corrected chi connectivity index (χ0v) is 15.6. The maximum absolute atomic E-state index is 12.7. The van der Waals surface area contributed by atoms with Crippen LogP contribution in [0.2, 0.25) is 0 Å². The van der Waals surface area contributed by atoms with Crippen molar-refractivity contribution in [3.63, 3.8) is 0 Å². The maximum atomic E-state index is 12.7. The number of nitrogens with zero attached hydrogens (tertiary/aromatic N) is 4. The third kappa shape index (κ3) is 3.53. The molecule has 3 aromatic heterocycles. The Morgan fingerprint density at radius 2 is 1.93 bits per heavy atom. The van der Waals surface area contributed by atoms with Gasteiger partial charge in [-0.1, -0.05) is 0 Å². The van der Waals surface area contributed by atoms with Crippen molar-refractivity contribution in [1.29, 1.82) is 0 Å². The molecule has 0 radical (unpaired) electrons. The van der Waals surface area contributed by atoms with Crippen LogP contribution in [0.15, 0.2) is 43.0 Å². The first-order chi connectivity index (χ1) is 13.7. The monoisotopic (exact) mass is 379 g/mol. The fourth-order valence-electron chi connectivity index (χ4n) is 3.43. The van der Waals surface area contributed by atoms with Gasteiger partial charge in [-0.2, -0.15) is 0 Å². The highest BCUT2D eigenvalue weighted by Gasteiger charge is 2.19. The second-order valence-electron chi connectivity index (χ2n) is 6.72. The molecule has 0 aromatic carbocycles. The summed E-state index contributed by atoms with van der Waals surface area (Å²) in [5, 5.41) is 3.46. The summed E-state index contributed by atoms with van der Waals surface area (Å²) >= 11 is 0. The number of ether oxygens (including phenoxy) is 1. The van der Waals surface area contributed by atoms with E-state index in [1.807, 2.05) is 27.8 Å². The van der Waals surface area contributed by atoms with E-state index in [1.165, 1.54) is 19.7 Å². The number of hydrogen-bond donors (Lipinski definition) is 1. The molecule has 2 amide bonds. The molecule has 1 fully saturated rings. The van der Waals surface area contributed by atoms with E-state index < -0.39 is 6.09 Å². The van der Waals surface area contributed by atoms with E-state index in [4.69, 9.17) is 0 Å². The highest BCUT2D eigenvalue weighted by Crippen LogP contribution is 2.22. The summed E-state index contributed by atoms with van der Waals surface area (Å²) in [4.78, 5) is 34.7. The lowest BCUT2D eigenvalue weighted by molar-refractivity contribution is 0.0724. The number of aromatic nitrogens is 3. The van der Waals surface area contributed by atoms with Crippen LogP contribution >= 0.6 is 0 Å². The number of likely N-dealkylation sites (tertiary alicyclic amines) is 1. The summed E-state index contributed by atoms with van der Waals surface area (Å²) in [6.45, 7) is 1.62. The number of methoxy groups -OCH3 is 1. The predicted molar refractivity (Wildman–Crippen MR) is 105 cm³/mol. The quantitative estimate of drug-likeness (QED) is 0.755. The molecule has 1 N–H and O–H groups in total. The van der Waals surface area contributed by atoms with Crippen molar-refractivity contribution < 1.29 is 14.3 Å². The van der Waals surface area contributed by atoms with Gasteiger partial charge in [0.2, 0.25) is 0 Å². The van der Waals surface area contributed by atoms with E-state index in [-0.39, 0.29) is 5.91 Å². The molecule has 0 spiro atoms. The van der Waals surface area contributed by atoms with Crippen LogP contribution in [0.25, 0.3) is 16.7 Å². The molecule has 0 saturated carbocycles. The Hall–Kier alpha value is -3.42. The van der Waals surface area contributed by atoms with Gasteiger partial charge in [-0.15, -0.1) is 0 Å². The minimum atomic E-state index is -0.560. The molecule has 4 rings (SSSR count). The predicted octanol–water partition coefficient (Wildman–Crippen LogP) is 3.22. The minimum absolute atomic E-state index is 0.0350. The van der Waals surface area contributed by atoms with E-state index >= 15 is 0 Å². The first-order valence-electron chi connectivity index (χ1n) is 9.22. The van der Waals surface area contributed by atoms with E-state index in [1.54, 1.807) is 18.5 Å². The Morgan fingerprint density at radius 1 is 1.11 bits per heavy atom. The summed E-state index contributed by atoms with van der Waals surface area (Å²) in [6.07, 6.45) is 9.44. The summed E-state index contributed by atoms with van der Waals surface area (Å²) in [6, 6.07) is 5.56. The van der Waals surface area contributed by atoms with Crippen LogP contribution in [0, 0.1) is 0 Å². The van der Waals surface area contributed by atoms with Gasteiger partial charge in [-0.25, -0.2) is 9.78 Å². The van der Waals surface area contributed by atoms with Crippen LogP contribution < -0.4 is 5.32 Å². The number of rotatable bonds is 3. The second kappa shape index (κ2) is 7.67. The number of anilines is 1. The second-order valence-corrected chi connectivity index (χ2v) is 6.72. The van der Waals surface area contributed by atoms with Crippen LogP contribution in [0.4, 0.5) is 10.5 Å². The molecule has 0 aliphatic carbocycles. The molecule has 1 saturated heterocycles. The molecule has 3 aromatic rings. The minimum Gasteiger partial charge on any atom is -0.453 e. The first-order valence-corrected chi connectivity index (χ1v) is 9.22. The molecular formula is C20H21N5O3. The van der Waals surface area contributed by atoms with E-state index in [0.29, 0.717) is 16.9 Å². The van der Waals surface area contributed by atoms with Crippen molar-refractivity contribution >= 4 is 28.7 Å². The molecule has 0 unspecified atom stereocenters. The molecule has 4 heterocycles. The Morgan fingerprint density at radius 3 is 2.71 bits per heavy atom. The standard InChI is InChI=1S/C20H21N5O3/c1-28-20(27)23-16-10-17(13-21-12-16)25-8-5-14-9-15(11-22-18(14)25)19(26)24-6-3-2-4-7-24/h5,8-13H,2-4,6-7H2,1H3,(H,23,27). The lowest BCUT2D eigenvalue weighted by Crippen LogP contribution is -2.35. The lowest BCUT2D eigenvalue weighted by atomic mass is 10.1. The van der Waals surface area contributed by atoms with E-state index in [2.05, 4.69) is 20.0 Å². The largest absolute Gasteiger partial charge is 0.453 e. The molecule has 8 nitrogen and oxygen atoms in total. The number of pyridine rings is 2. The van der Waals surface area contributed by atoms with Crippen molar-refractivity contribution in [2.24, 2.45) is 0 Å². The van der Waals surface area contributed by atoms with Crippen LogP contribution in [-0.4, -0.2) is 51.6 Å². The van der Waals surface area contributed by atoms with Crippen molar-refractivity contribution in [2.45, 2.75) is 19.3 Å². The summed E-state index contributed by atoms with van der Waals surface area (Å²) in [5.41, 5.74) is 2.58. The van der Waals surface area contributed by atoms with Crippen molar-refractivity contribution in [3.8, 4) is 5.69 Å². The normalized spacial score (nSPS) is 14.1. The zero-order valence-electron chi connectivity index (χ0n) is 15.6. The average Bonchev–Trinajstić information content (AvgIpc) is 3.17. The third-order valence-corrected chi connectivity index (χ3v) is 4.85. The highest BCUT2D eigenvalue weighted by atomic mass is 16.5. The number of carbonyl (C=O) groups is 2. The number of piperidine rings is 1. The summed E-state index contributed by atoms with van der Waals surface area (Å²) in [7, 11) is 1.30. The van der Waals surface area contributed by atoms with E-state index in [0.717, 1.165) is 37.0 Å².